The third-order valence-electron chi connectivity index (χ3n) is 3.94. The predicted octanol–water partition coefficient (Wildman–Crippen LogP) is 0.394. The van der Waals surface area contributed by atoms with Gasteiger partial charge in [0.2, 0.25) is 12.2 Å². The van der Waals surface area contributed by atoms with E-state index in [0.717, 1.165) is 13.8 Å². The molecule has 0 bridgehead atoms. The number of carbonyl (C=O) groups is 7. The summed E-state index contributed by atoms with van der Waals surface area (Å²) in [6, 6.07) is 0. The molecule has 0 radical (unpaired) electrons. The highest BCUT2D eigenvalue weighted by Crippen LogP contribution is 2.19. The van der Waals surface area contributed by atoms with E-state index in [1.807, 2.05) is 0 Å². The van der Waals surface area contributed by atoms with Crippen molar-refractivity contribution in [3.05, 3.63) is 0 Å². The average molecular weight is 457 g/mol. The lowest BCUT2D eigenvalue weighted by Crippen LogP contribution is -2.45. The molecule has 12 nitrogen and oxygen atoms in total. The summed E-state index contributed by atoms with van der Waals surface area (Å²) in [6.45, 7) is 8.02. The van der Waals surface area contributed by atoms with Gasteiger partial charge in [-0.25, -0.2) is 9.59 Å². The standard InChI is InChI=1S/C20H27NO11/c1-10(22)9-13(18(27)31-20(4,5)6)30-17(26)11(2)16(29-12(3)23)19(28)32-21-14(24)7-8-15(21)25/h11,13,16H,7-9H2,1-6H3/t11-,13-,16-/m1/s1. The van der Waals surface area contributed by atoms with Gasteiger partial charge in [-0.1, -0.05) is 0 Å². The van der Waals surface area contributed by atoms with Crippen molar-refractivity contribution in [2.24, 2.45) is 5.92 Å². The number of hydrogen-bond acceptors (Lipinski definition) is 11. The minimum Gasteiger partial charge on any atom is -0.457 e. The van der Waals surface area contributed by atoms with Gasteiger partial charge in [-0.15, -0.1) is 5.06 Å². The van der Waals surface area contributed by atoms with E-state index in [1.165, 1.54) is 6.92 Å². The molecule has 0 aromatic carbocycles. The van der Waals surface area contributed by atoms with Crippen molar-refractivity contribution in [3.63, 3.8) is 0 Å². The Morgan fingerprint density at radius 1 is 0.906 bits per heavy atom. The first-order valence-electron chi connectivity index (χ1n) is 9.80. The van der Waals surface area contributed by atoms with Crippen molar-refractivity contribution in [1.29, 1.82) is 0 Å². The first-order chi connectivity index (χ1) is 14.6. The Morgan fingerprint density at radius 3 is 1.88 bits per heavy atom. The van der Waals surface area contributed by atoms with Gasteiger partial charge in [0, 0.05) is 19.8 Å². The van der Waals surface area contributed by atoms with Crippen LogP contribution < -0.4 is 0 Å². The Morgan fingerprint density at radius 2 is 1.44 bits per heavy atom. The van der Waals surface area contributed by atoms with Gasteiger partial charge in [0.05, 0.1) is 6.42 Å². The van der Waals surface area contributed by atoms with Crippen LogP contribution in [0.3, 0.4) is 0 Å². The lowest BCUT2D eigenvalue weighted by Gasteiger charge is -2.26. The molecule has 1 aliphatic heterocycles. The number of amides is 2. The molecule has 0 spiro atoms. The SMILES string of the molecule is CC(=O)C[C@@H](OC(=O)[C@H](C)[C@@H](OC(C)=O)C(=O)ON1C(=O)CCC1=O)C(=O)OC(C)(C)C. The van der Waals surface area contributed by atoms with Crippen LogP contribution in [-0.2, 0) is 52.6 Å². The summed E-state index contributed by atoms with van der Waals surface area (Å²) >= 11 is 0. The number of hydroxylamine groups is 2. The van der Waals surface area contributed by atoms with Gasteiger partial charge in [-0.05, 0) is 34.6 Å². The first kappa shape index (κ1) is 26.7. The molecular weight excluding hydrogens is 430 g/mol. The molecule has 32 heavy (non-hydrogen) atoms. The van der Waals surface area contributed by atoms with Crippen LogP contribution in [0.2, 0.25) is 0 Å². The topological polar surface area (TPSA) is 160 Å². The molecule has 1 saturated heterocycles. The van der Waals surface area contributed by atoms with E-state index in [9.17, 15) is 33.6 Å². The number of carbonyl (C=O) groups excluding carboxylic acids is 7. The monoisotopic (exact) mass is 457 g/mol. The summed E-state index contributed by atoms with van der Waals surface area (Å²) in [5, 5.41) is 0.232. The number of nitrogens with zero attached hydrogens (tertiary/aromatic N) is 1. The number of esters is 3. The van der Waals surface area contributed by atoms with Gasteiger partial charge in [-0.3, -0.25) is 24.0 Å². The number of hydrogen-bond donors (Lipinski definition) is 0. The molecule has 3 atom stereocenters. The van der Waals surface area contributed by atoms with Crippen LogP contribution in [0.1, 0.15) is 60.8 Å². The number of ether oxygens (including phenoxy) is 3. The van der Waals surface area contributed by atoms with Gasteiger partial charge in [0.15, 0.2) is 0 Å². The Balaban J connectivity index is 3.01. The Bertz CT molecular complexity index is 795. The van der Waals surface area contributed by atoms with Crippen molar-refractivity contribution in [1.82, 2.24) is 5.06 Å². The van der Waals surface area contributed by atoms with Crippen LogP contribution in [0.5, 0.6) is 0 Å². The molecule has 1 rings (SSSR count). The van der Waals surface area contributed by atoms with E-state index in [-0.39, 0.29) is 17.9 Å². The number of ketones is 1. The maximum atomic E-state index is 12.6. The quantitative estimate of drug-likeness (QED) is 0.268. The molecule has 0 aliphatic carbocycles. The van der Waals surface area contributed by atoms with E-state index in [1.54, 1.807) is 20.8 Å². The van der Waals surface area contributed by atoms with Crippen molar-refractivity contribution in [2.75, 3.05) is 0 Å². The second-order valence-corrected chi connectivity index (χ2v) is 8.18. The minimum absolute atomic E-state index is 0.162. The molecule has 1 aliphatic rings. The summed E-state index contributed by atoms with van der Waals surface area (Å²) < 4.78 is 15.0. The summed E-state index contributed by atoms with van der Waals surface area (Å²) in [5.41, 5.74) is -0.928. The van der Waals surface area contributed by atoms with Gasteiger partial charge in [0.25, 0.3) is 11.8 Å². The fourth-order valence-electron chi connectivity index (χ4n) is 2.51. The van der Waals surface area contributed by atoms with E-state index in [0.29, 0.717) is 0 Å². The average Bonchev–Trinajstić information content (AvgIpc) is 2.94. The van der Waals surface area contributed by atoms with E-state index in [2.05, 4.69) is 0 Å². The fourth-order valence-corrected chi connectivity index (χ4v) is 2.51. The molecule has 1 fully saturated rings. The van der Waals surface area contributed by atoms with Crippen LogP contribution in [0.4, 0.5) is 0 Å². The lowest BCUT2D eigenvalue weighted by molar-refractivity contribution is -0.209. The van der Waals surface area contributed by atoms with Crippen molar-refractivity contribution in [2.45, 2.75) is 78.6 Å². The number of Topliss-reactive ketones (excluding diaryl/α,β-unsaturated/α-hetero) is 1. The summed E-state index contributed by atoms with van der Waals surface area (Å²) in [7, 11) is 0. The van der Waals surface area contributed by atoms with Crippen molar-refractivity contribution < 1.29 is 52.6 Å². The normalized spacial score (nSPS) is 16.6. The zero-order valence-electron chi connectivity index (χ0n) is 18.8. The molecule has 0 unspecified atom stereocenters. The third kappa shape index (κ3) is 8.08. The molecule has 178 valence electrons. The van der Waals surface area contributed by atoms with Crippen molar-refractivity contribution >= 4 is 41.5 Å². The van der Waals surface area contributed by atoms with Crippen molar-refractivity contribution in [3.8, 4) is 0 Å². The van der Waals surface area contributed by atoms with Gasteiger partial charge < -0.3 is 19.0 Å². The van der Waals surface area contributed by atoms with Crippen LogP contribution in [-0.4, -0.2) is 64.3 Å². The van der Waals surface area contributed by atoms with Gasteiger partial charge >= 0.3 is 23.9 Å². The van der Waals surface area contributed by atoms with Crippen LogP contribution >= 0.6 is 0 Å². The maximum absolute atomic E-state index is 12.6. The highest BCUT2D eigenvalue weighted by molar-refractivity contribution is 6.02. The van der Waals surface area contributed by atoms with Crippen LogP contribution in [0.15, 0.2) is 0 Å². The molecule has 0 N–H and O–H groups in total. The minimum atomic E-state index is -1.89. The zero-order valence-corrected chi connectivity index (χ0v) is 18.8. The van der Waals surface area contributed by atoms with E-state index >= 15 is 0 Å². The number of imide groups is 1. The molecular formula is C20H27NO11. The first-order valence-corrected chi connectivity index (χ1v) is 9.80. The summed E-state index contributed by atoms with van der Waals surface area (Å²) in [6.07, 6.45) is -4.29. The Labute approximate surface area is 184 Å². The highest BCUT2D eigenvalue weighted by atomic mass is 16.7. The Hall–Kier alpha value is -3.31. The second-order valence-electron chi connectivity index (χ2n) is 8.18. The third-order valence-corrected chi connectivity index (χ3v) is 3.94. The fraction of sp³-hybridized carbons (Fsp3) is 0.650. The van der Waals surface area contributed by atoms with Gasteiger partial charge in [0.1, 0.15) is 17.3 Å². The largest absolute Gasteiger partial charge is 0.457 e. The zero-order chi connectivity index (χ0) is 24.8. The molecule has 1 heterocycles. The Kier molecular flexibility index (Phi) is 9.04. The van der Waals surface area contributed by atoms with Crippen LogP contribution in [0.25, 0.3) is 0 Å². The molecule has 0 aromatic rings. The summed E-state index contributed by atoms with van der Waals surface area (Å²) in [5.74, 6) is -8.01. The molecule has 0 aromatic heterocycles. The van der Waals surface area contributed by atoms with E-state index in [4.69, 9.17) is 19.0 Å². The second kappa shape index (κ2) is 10.8. The molecule has 2 amide bonds. The lowest BCUT2D eigenvalue weighted by atomic mass is 10.0. The highest BCUT2D eigenvalue weighted by Gasteiger charge is 2.42. The van der Waals surface area contributed by atoms with Gasteiger partial charge in [-0.2, -0.15) is 0 Å². The molecule has 0 saturated carbocycles. The van der Waals surface area contributed by atoms with E-state index < -0.39 is 71.6 Å². The van der Waals surface area contributed by atoms with Crippen LogP contribution in [0, 0.1) is 5.92 Å². The predicted molar refractivity (Wildman–Crippen MR) is 103 cm³/mol. The molecule has 12 heteroatoms. The summed E-state index contributed by atoms with van der Waals surface area (Å²) in [4.78, 5) is 88.4. The maximum Gasteiger partial charge on any atom is 0.374 e. The number of rotatable bonds is 9. The smallest absolute Gasteiger partial charge is 0.374 e.